The number of fused-ring (bicyclic) bond motifs is 1. The molecule has 186 valence electrons. The fourth-order valence-electron chi connectivity index (χ4n) is 4.32. The lowest BCUT2D eigenvalue weighted by atomic mass is 9.95. The Labute approximate surface area is 199 Å². The van der Waals surface area contributed by atoms with E-state index in [9.17, 15) is 22.8 Å². The second-order valence-electron chi connectivity index (χ2n) is 8.86. The van der Waals surface area contributed by atoms with Crippen molar-refractivity contribution in [3.8, 4) is 0 Å². The summed E-state index contributed by atoms with van der Waals surface area (Å²) in [6.45, 7) is 4.66. The number of benzene rings is 1. The number of piperidine rings is 1. The Hall–Kier alpha value is -3.47. The minimum absolute atomic E-state index is 0.0468. The Morgan fingerprint density at radius 3 is 2.66 bits per heavy atom. The molecule has 1 saturated heterocycles. The summed E-state index contributed by atoms with van der Waals surface area (Å²) in [5, 5.41) is 14.2. The van der Waals surface area contributed by atoms with E-state index in [0.29, 0.717) is 22.2 Å². The maximum absolute atomic E-state index is 13.5. The van der Waals surface area contributed by atoms with Crippen LogP contribution in [0.2, 0.25) is 0 Å². The lowest BCUT2D eigenvalue weighted by Crippen LogP contribution is -2.29. The Kier molecular flexibility index (Phi) is 6.79. The summed E-state index contributed by atoms with van der Waals surface area (Å²) in [7, 11) is 1.51. The van der Waals surface area contributed by atoms with Crippen LogP contribution in [0.4, 0.5) is 24.7 Å². The Morgan fingerprint density at radius 1 is 1.23 bits per heavy atom. The minimum atomic E-state index is -4.58. The van der Waals surface area contributed by atoms with Crippen LogP contribution >= 0.6 is 0 Å². The van der Waals surface area contributed by atoms with Gasteiger partial charge in [-0.05, 0) is 56.1 Å². The van der Waals surface area contributed by atoms with Gasteiger partial charge >= 0.3 is 6.18 Å². The Balaban J connectivity index is 1.75. The molecule has 1 aromatic carbocycles. The highest BCUT2D eigenvalue weighted by Gasteiger charge is 2.32. The predicted molar refractivity (Wildman–Crippen MR) is 127 cm³/mol. The first-order chi connectivity index (χ1) is 16.5. The first kappa shape index (κ1) is 24.6. The van der Waals surface area contributed by atoms with Crippen molar-refractivity contribution < 1.29 is 18.0 Å². The van der Waals surface area contributed by atoms with Gasteiger partial charge in [0.2, 0.25) is 5.91 Å². The Bertz CT molecular complexity index is 1320. The number of aryl methyl sites for hydroxylation is 1. The number of halogens is 3. The van der Waals surface area contributed by atoms with Gasteiger partial charge in [0.25, 0.3) is 5.56 Å². The maximum Gasteiger partial charge on any atom is 0.416 e. The zero-order chi connectivity index (χ0) is 25.3. The number of hydrogen-bond acceptors (Lipinski definition) is 6. The largest absolute Gasteiger partial charge is 0.416 e. The smallest absolute Gasteiger partial charge is 0.362 e. The van der Waals surface area contributed by atoms with Gasteiger partial charge in [-0.3, -0.25) is 14.6 Å². The van der Waals surface area contributed by atoms with Crippen molar-refractivity contribution in [2.45, 2.75) is 44.8 Å². The normalized spacial score (nSPS) is 17.3. The summed E-state index contributed by atoms with van der Waals surface area (Å²) in [4.78, 5) is 28.7. The Morgan fingerprint density at radius 2 is 2.00 bits per heavy atom. The summed E-state index contributed by atoms with van der Waals surface area (Å²) in [5.74, 6) is 0.0884. The highest BCUT2D eigenvalue weighted by Crippen LogP contribution is 2.35. The van der Waals surface area contributed by atoms with Gasteiger partial charge in [0.15, 0.2) is 5.82 Å². The zero-order valence-corrected chi connectivity index (χ0v) is 19.7. The predicted octanol–water partition coefficient (Wildman–Crippen LogP) is 3.95. The van der Waals surface area contributed by atoms with Crippen molar-refractivity contribution in [1.29, 1.82) is 0 Å². The van der Waals surface area contributed by atoms with Crippen LogP contribution in [-0.2, 0) is 18.0 Å². The lowest BCUT2D eigenvalue weighted by Gasteiger charge is -2.23. The molecule has 0 aliphatic carbocycles. The zero-order valence-electron chi connectivity index (χ0n) is 19.7. The SMILES string of the molecule is CC(=O)Nc1cc([C@@H](C)Nc2nn(C)c(=O)c3cnc(C4CCCNC4)cc23)cc(C(F)(F)F)c1. The number of amides is 1. The van der Waals surface area contributed by atoms with Crippen molar-refractivity contribution in [3.05, 3.63) is 57.6 Å². The molecule has 4 rings (SSSR count). The third kappa shape index (κ3) is 5.45. The van der Waals surface area contributed by atoms with Crippen LogP contribution in [0.1, 0.15) is 55.5 Å². The van der Waals surface area contributed by atoms with Gasteiger partial charge < -0.3 is 16.0 Å². The molecule has 1 amide bonds. The first-order valence-electron chi connectivity index (χ1n) is 11.4. The number of anilines is 2. The lowest BCUT2D eigenvalue weighted by molar-refractivity contribution is -0.137. The van der Waals surface area contributed by atoms with Crippen LogP contribution in [0.15, 0.2) is 35.3 Å². The first-order valence-corrected chi connectivity index (χ1v) is 11.4. The molecular formula is C24H27F3N6O2. The third-order valence-corrected chi connectivity index (χ3v) is 6.13. The molecule has 0 radical (unpaired) electrons. The summed E-state index contributed by atoms with van der Waals surface area (Å²) in [6.07, 6.45) is -1.05. The van der Waals surface area contributed by atoms with Gasteiger partial charge in [-0.2, -0.15) is 18.3 Å². The fourth-order valence-corrected chi connectivity index (χ4v) is 4.32. The van der Waals surface area contributed by atoms with E-state index >= 15 is 0 Å². The highest BCUT2D eigenvalue weighted by atomic mass is 19.4. The topological polar surface area (TPSA) is 101 Å². The fraction of sp³-hybridized carbons (Fsp3) is 0.417. The summed E-state index contributed by atoms with van der Waals surface area (Å²) < 4.78 is 41.7. The molecule has 3 heterocycles. The molecule has 3 N–H and O–H groups in total. The third-order valence-electron chi connectivity index (χ3n) is 6.13. The molecule has 35 heavy (non-hydrogen) atoms. The number of pyridine rings is 1. The molecule has 3 aromatic rings. The average molecular weight is 489 g/mol. The number of alkyl halides is 3. The minimum Gasteiger partial charge on any atom is -0.362 e. The van der Waals surface area contributed by atoms with Gasteiger partial charge in [-0.1, -0.05) is 0 Å². The number of aromatic nitrogens is 3. The number of nitrogens with zero attached hydrogens (tertiary/aromatic N) is 3. The molecule has 1 unspecified atom stereocenters. The van der Waals surface area contributed by atoms with Crippen molar-refractivity contribution in [2.24, 2.45) is 7.05 Å². The monoisotopic (exact) mass is 488 g/mol. The van der Waals surface area contributed by atoms with Crippen molar-refractivity contribution in [3.63, 3.8) is 0 Å². The highest BCUT2D eigenvalue weighted by molar-refractivity contribution is 5.91. The molecule has 1 aliphatic rings. The van der Waals surface area contributed by atoms with E-state index < -0.39 is 23.7 Å². The molecule has 1 fully saturated rings. The number of rotatable bonds is 5. The maximum atomic E-state index is 13.5. The molecule has 0 spiro atoms. The number of hydrogen-bond donors (Lipinski definition) is 3. The van der Waals surface area contributed by atoms with Crippen LogP contribution in [0.25, 0.3) is 10.8 Å². The molecule has 0 bridgehead atoms. The number of carbonyl (C=O) groups is 1. The van der Waals surface area contributed by atoms with Gasteiger partial charge in [0.1, 0.15) is 0 Å². The molecule has 11 heteroatoms. The second-order valence-corrected chi connectivity index (χ2v) is 8.86. The van der Waals surface area contributed by atoms with Crippen LogP contribution in [0.3, 0.4) is 0 Å². The number of carbonyl (C=O) groups excluding carboxylic acids is 1. The second kappa shape index (κ2) is 9.65. The molecule has 8 nitrogen and oxygen atoms in total. The van der Waals surface area contributed by atoms with E-state index in [-0.39, 0.29) is 17.2 Å². The van der Waals surface area contributed by atoms with Gasteiger partial charge in [0, 0.05) is 49.4 Å². The van der Waals surface area contributed by atoms with Crippen LogP contribution in [-0.4, -0.2) is 33.8 Å². The molecule has 2 aromatic heterocycles. The molecule has 2 atom stereocenters. The summed E-state index contributed by atoms with van der Waals surface area (Å²) in [6, 6.07) is 4.64. The van der Waals surface area contributed by atoms with Crippen LogP contribution in [0.5, 0.6) is 0 Å². The van der Waals surface area contributed by atoms with E-state index in [1.165, 1.54) is 30.9 Å². The standard InChI is InChI=1S/C24H27F3N6O2/c1-13(16-7-17(24(25,26)27)9-18(8-16)31-14(2)34)30-22-19-10-21(15-5-4-6-28-11-15)29-12-20(19)23(35)33(3)32-22/h7-10,12-13,15,28H,4-6,11H2,1-3H3,(H,30,32)(H,31,34)/t13-,15?/m1/s1. The average Bonchev–Trinajstić information content (AvgIpc) is 2.81. The van der Waals surface area contributed by atoms with Crippen LogP contribution in [0, 0.1) is 0 Å². The molecule has 0 saturated carbocycles. The van der Waals surface area contributed by atoms with Crippen molar-refractivity contribution in [2.75, 3.05) is 23.7 Å². The van der Waals surface area contributed by atoms with Gasteiger partial charge in [0.05, 0.1) is 17.0 Å². The van der Waals surface area contributed by atoms with Gasteiger partial charge in [-0.25, -0.2) is 4.68 Å². The molecule has 1 aliphatic heterocycles. The van der Waals surface area contributed by atoms with E-state index in [4.69, 9.17) is 0 Å². The van der Waals surface area contributed by atoms with Gasteiger partial charge in [-0.15, -0.1) is 0 Å². The summed E-state index contributed by atoms with van der Waals surface area (Å²) in [5.41, 5.74) is -0.000791. The van der Waals surface area contributed by atoms with Crippen LogP contribution < -0.4 is 21.5 Å². The van der Waals surface area contributed by atoms with E-state index in [0.717, 1.165) is 43.8 Å². The van der Waals surface area contributed by atoms with E-state index in [1.807, 2.05) is 6.07 Å². The number of nitrogens with one attached hydrogen (secondary N) is 3. The van der Waals surface area contributed by atoms with Crippen molar-refractivity contribution >= 4 is 28.2 Å². The van der Waals surface area contributed by atoms with E-state index in [1.54, 1.807) is 6.92 Å². The van der Waals surface area contributed by atoms with Crippen molar-refractivity contribution in [1.82, 2.24) is 20.1 Å². The molecular weight excluding hydrogens is 461 g/mol. The summed E-state index contributed by atoms with van der Waals surface area (Å²) >= 11 is 0. The van der Waals surface area contributed by atoms with E-state index in [2.05, 4.69) is 26.0 Å². The quantitative estimate of drug-likeness (QED) is 0.503.